The van der Waals surface area contributed by atoms with Crippen LogP contribution in [-0.2, 0) is 6.42 Å². The number of benzene rings is 1. The minimum atomic E-state index is 0.601. The summed E-state index contributed by atoms with van der Waals surface area (Å²) in [6.45, 7) is 9.58. The molecular weight excluding hydrogens is 228 g/mol. The maximum absolute atomic E-state index is 2.55. The third-order valence-electron chi connectivity index (χ3n) is 5.91. The molecule has 2 aliphatic rings. The van der Waals surface area contributed by atoms with E-state index in [1.807, 2.05) is 0 Å². The van der Waals surface area contributed by atoms with Gasteiger partial charge in [-0.05, 0) is 52.7 Å². The summed E-state index contributed by atoms with van der Waals surface area (Å²) in [6, 6.07) is 7.40. The molecule has 0 aliphatic heterocycles. The summed E-state index contributed by atoms with van der Waals surface area (Å²) in [6.07, 6.45) is 6.61. The van der Waals surface area contributed by atoms with Gasteiger partial charge in [0, 0.05) is 0 Å². The molecule has 0 amide bonds. The van der Waals surface area contributed by atoms with Crippen molar-refractivity contribution >= 4 is 0 Å². The number of hydrogen-bond acceptors (Lipinski definition) is 0. The van der Waals surface area contributed by atoms with Gasteiger partial charge in [-0.25, -0.2) is 0 Å². The van der Waals surface area contributed by atoms with E-state index in [-0.39, 0.29) is 0 Å². The van der Waals surface area contributed by atoms with Crippen LogP contribution in [0.15, 0.2) is 18.2 Å². The van der Waals surface area contributed by atoms with Crippen molar-refractivity contribution in [2.45, 2.75) is 71.6 Å². The molecule has 1 saturated carbocycles. The Morgan fingerprint density at radius 2 is 1.89 bits per heavy atom. The van der Waals surface area contributed by atoms with Gasteiger partial charge >= 0.3 is 0 Å². The topological polar surface area (TPSA) is 0 Å². The summed E-state index contributed by atoms with van der Waals surface area (Å²) >= 11 is 0. The minimum Gasteiger partial charge on any atom is -0.0651 e. The fourth-order valence-electron chi connectivity index (χ4n) is 4.75. The molecule has 19 heavy (non-hydrogen) atoms. The second kappa shape index (κ2) is 4.65. The molecule has 0 aromatic heterocycles. The van der Waals surface area contributed by atoms with Crippen LogP contribution in [0.25, 0.3) is 0 Å². The lowest BCUT2D eigenvalue weighted by Crippen LogP contribution is -2.18. The Labute approximate surface area is 118 Å². The first kappa shape index (κ1) is 13.2. The SMILES string of the molecule is CCCc1ccc2c(c1)C(C(CC)CC)C1(C)CC21. The fourth-order valence-corrected chi connectivity index (χ4v) is 4.75. The van der Waals surface area contributed by atoms with Crippen molar-refractivity contribution in [1.82, 2.24) is 0 Å². The summed E-state index contributed by atoms with van der Waals surface area (Å²) in [5.74, 6) is 2.59. The van der Waals surface area contributed by atoms with Gasteiger partial charge in [0.15, 0.2) is 0 Å². The van der Waals surface area contributed by atoms with E-state index in [4.69, 9.17) is 0 Å². The van der Waals surface area contributed by atoms with Crippen LogP contribution in [0.4, 0.5) is 0 Å². The molecule has 0 nitrogen and oxygen atoms in total. The van der Waals surface area contributed by atoms with Crippen LogP contribution in [0.3, 0.4) is 0 Å². The lowest BCUT2D eigenvalue weighted by Gasteiger charge is -2.29. The number of fused-ring (bicyclic) bond motifs is 3. The van der Waals surface area contributed by atoms with Gasteiger partial charge in [-0.2, -0.15) is 0 Å². The quantitative estimate of drug-likeness (QED) is 0.637. The second-order valence-electron chi connectivity index (χ2n) is 7.03. The molecule has 0 heterocycles. The molecule has 1 aromatic carbocycles. The van der Waals surface area contributed by atoms with Crippen molar-refractivity contribution in [3.05, 3.63) is 34.9 Å². The van der Waals surface area contributed by atoms with E-state index in [9.17, 15) is 0 Å². The predicted molar refractivity (Wildman–Crippen MR) is 82.7 cm³/mol. The predicted octanol–water partition coefficient (Wildman–Crippen LogP) is 5.67. The van der Waals surface area contributed by atoms with Crippen molar-refractivity contribution in [1.29, 1.82) is 0 Å². The van der Waals surface area contributed by atoms with Gasteiger partial charge in [0.05, 0.1) is 0 Å². The van der Waals surface area contributed by atoms with Gasteiger partial charge in [0.25, 0.3) is 0 Å². The Morgan fingerprint density at radius 3 is 2.53 bits per heavy atom. The van der Waals surface area contributed by atoms with Crippen molar-refractivity contribution in [2.24, 2.45) is 11.3 Å². The van der Waals surface area contributed by atoms with E-state index in [0.29, 0.717) is 5.41 Å². The zero-order chi connectivity index (χ0) is 13.6. The number of aryl methyl sites for hydroxylation is 1. The zero-order valence-corrected chi connectivity index (χ0v) is 13.0. The molecule has 3 atom stereocenters. The number of hydrogen-bond donors (Lipinski definition) is 0. The number of rotatable bonds is 5. The maximum atomic E-state index is 2.55. The summed E-state index contributed by atoms with van der Waals surface area (Å²) in [5.41, 5.74) is 5.57. The summed E-state index contributed by atoms with van der Waals surface area (Å²) < 4.78 is 0. The van der Waals surface area contributed by atoms with Crippen LogP contribution in [-0.4, -0.2) is 0 Å². The minimum absolute atomic E-state index is 0.601. The first-order valence-electron chi connectivity index (χ1n) is 8.28. The summed E-state index contributed by atoms with van der Waals surface area (Å²) in [5, 5.41) is 0. The molecule has 104 valence electrons. The Bertz CT molecular complexity index is 469. The van der Waals surface area contributed by atoms with Gasteiger partial charge in [-0.1, -0.05) is 65.2 Å². The van der Waals surface area contributed by atoms with E-state index in [0.717, 1.165) is 17.8 Å². The Morgan fingerprint density at radius 1 is 1.16 bits per heavy atom. The summed E-state index contributed by atoms with van der Waals surface area (Å²) in [7, 11) is 0. The van der Waals surface area contributed by atoms with E-state index in [1.165, 1.54) is 32.1 Å². The van der Waals surface area contributed by atoms with Gasteiger partial charge in [-0.15, -0.1) is 0 Å². The van der Waals surface area contributed by atoms with Crippen LogP contribution < -0.4 is 0 Å². The van der Waals surface area contributed by atoms with Crippen LogP contribution in [0, 0.1) is 11.3 Å². The van der Waals surface area contributed by atoms with Crippen LogP contribution in [0.5, 0.6) is 0 Å². The fraction of sp³-hybridized carbons (Fsp3) is 0.684. The van der Waals surface area contributed by atoms with Crippen molar-refractivity contribution in [3.63, 3.8) is 0 Å². The maximum Gasteiger partial charge on any atom is -0.00708 e. The zero-order valence-electron chi connectivity index (χ0n) is 13.0. The van der Waals surface area contributed by atoms with Crippen LogP contribution in [0.2, 0.25) is 0 Å². The smallest absolute Gasteiger partial charge is 0.00708 e. The van der Waals surface area contributed by atoms with E-state index >= 15 is 0 Å². The van der Waals surface area contributed by atoms with Crippen molar-refractivity contribution in [2.75, 3.05) is 0 Å². The van der Waals surface area contributed by atoms with E-state index in [2.05, 4.69) is 45.9 Å². The molecule has 1 fully saturated rings. The van der Waals surface area contributed by atoms with Gasteiger partial charge in [0.2, 0.25) is 0 Å². The largest absolute Gasteiger partial charge is 0.0651 e. The second-order valence-corrected chi connectivity index (χ2v) is 7.03. The Balaban J connectivity index is 2.00. The average molecular weight is 256 g/mol. The highest BCUT2D eigenvalue weighted by molar-refractivity contribution is 5.50. The molecule has 1 aromatic rings. The standard InChI is InChI=1S/C19H28/c1-5-8-13-9-10-15-16(11-13)18(14(6-2)7-3)19(4)12-17(15)19/h9-11,14,17-18H,5-8,12H2,1-4H3. The highest BCUT2D eigenvalue weighted by Gasteiger charge is 2.62. The molecule has 3 rings (SSSR count). The van der Waals surface area contributed by atoms with Crippen LogP contribution in [0.1, 0.15) is 81.9 Å². The third kappa shape index (κ3) is 1.87. The molecule has 0 saturated heterocycles. The molecule has 0 heteroatoms. The first-order chi connectivity index (χ1) is 9.15. The monoisotopic (exact) mass is 256 g/mol. The Kier molecular flexibility index (Phi) is 3.23. The normalized spacial score (nSPS) is 31.4. The molecule has 2 aliphatic carbocycles. The lowest BCUT2D eigenvalue weighted by molar-refractivity contribution is 0.300. The van der Waals surface area contributed by atoms with E-state index < -0.39 is 0 Å². The van der Waals surface area contributed by atoms with Crippen molar-refractivity contribution < 1.29 is 0 Å². The van der Waals surface area contributed by atoms with E-state index in [1.54, 1.807) is 16.7 Å². The molecule has 3 unspecified atom stereocenters. The molecule has 0 N–H and O–H groups in total. The molecule has 0 spiro atoms. The molecule has 0 bridgehead atoms. The molecular formula is C19H28. The van der Waals surface area contributed by atoms with Gasteiger partial charge in [0.1, 0.15) is 0 Å². The van der Waals surface area contributed by atoms with Gasteiger partial charge < -0.3 is 0 Å². The Hall–Kier alpha value is -0.780. The first-order valence-corrected chi connectivity index (χ1v) is 8.28. The van der Waals surface area contributed by atoms with Crippen LogP contribution >= 0.6 is 0 Å². The van der Waals surface area contributed by atoms with Gasteiger partial charge in [-0.3, -0.25) is 0 Å². The third-order valence-corrected chi connectivity index (χ3v) is 5.91. The van der Waals surface area contributed by atoms with Crippen molar-refractivity contribution in [3.8, 4) is 0 Å². The highest BCUT2D eigenvalue weighted by atomic mass is 14.7. The average Bonchev–Trinajstić information content (AvgIpc) is 3.02. The molecule has 0 radical (unpaired) electrons. The highest BCUT2D eigenvalue weighted by Crippen LogP contribution is 2.74. The summed E-state index contributed by atoms with van der Waals surface area (Å²) in [4.78, 5) is 0. The lowest BCUT2D eigenvalue weighted by atomic mass is 9.75.